The van der Waals surface area contributed by atoms with Crippen LogP contribution in [0, 0.1) is 0 Å². The van der Waals surface area contributed by atoms with Gasteiger partial charge in [0.05, 0.1) is 40.3 Å². The number of ether oxygens (including phenoxy) is 3. The highest BCUT2D eigenvalue weighted by Crippen LogP contribution is 2.16. The van der Waals surface area contributed by atoms with Crippen molar-refractivity contribution in [3.05, 3.63) is 24.3 Å². The van der Waals surface area contributed by atoms with Gasteiger partial charge >= 0.3 is 11.9 Å². The number of carboxylic acid groups (broad SMARTS) is 1. The van der Waals surface area contributed by atoms with E-state index >= 15 is 0 Å². The molecule has 0 aliphatic heterocycles. The zero-order chi connectivity index (χ0) is 47.0. The van der Waals surface area contributed by atoms with Gasteiger partial charge in [0.25, 0.3) is 0 Å². The molecular weight excluding hydrogens is 799 g/mol. The number of unbranched alkanes of at least 4 members (excludes halogenated alkanes) is 32. The van der Waals surface area contributed by atoms with Gasteiger partial charge in [0.2, 0.25) is 0 Å². The molecule has 0 rings (SSSR count). The van der Waals surface area contributed by atoms with E-state index in [2.05, 4.69) is 38.2 Å². The van der Waals surface area contributed by atoms with Crippen molar-refractivity contribution in [3.8, 4) is 0 Å². The van der Waals surface area contributed by atoms with Gasteiger partial charge in [-0.25, -0.2) is 0 Å². The first-order chi connectivity index (χ1) is 31.1. The van der Waals surface area contributed by atoms with E-state index in [0.29, 0.717) is 12.8 Å². The van der Waals surface area contributed by atoms with Crippen molar-refractivity contribution in [1.82, 2.24) is 0 Å². The molecule has 0 saturated heterocycles. The minimum absolute atomic E-state index is 0.0411. The number of carbonyl (C=O) groups is 3. The molecule has 0 aromatic heterocycles. The SMILES string of the molecule is CCCCCCCCCC/C=C/CCCCCCCCCC(=O)OC(COCCC(C(=O)[O-])[N+](C)(C)C)COC(=O)CCCCCCCCC/C=C/CCCCCCCCCCCC. The van der Waals surface area contributed by atoms with E-state index in [0.717, 1.165) is 38.5 Å². The lowest BCUT2D eigenvalue weighted by Crippen LogP contribution is -2.55. The molecule has 0 aliphatic carbocycles. The number of hydrogen-bond acceptors (Lipinski definition) is 7. The number of carbonyl (C=O) groups excluding carboxylic acids is 3. The maximum atomic E-state index is 12.8. The summed E-state index contributed by atoms with van der Waals surface area (Å²) in [6.07, 6.45) is 55.0. The van der Waals surface area contributed by atoms with Crippen LogP contribution in [-0.2, 0) is 28.6 Å². The summed E-state index contributed by atoms with van der Waals surface area (Å²) in [5, 5.41) is 11.7. The average molecular weight is 904 g/mol. The van der Waals surface area contributed by atoms with Crippen LogP contribution in [0.4, 0.5) is 0 Å². The summed E-state index contributed by atoms with van der Waals surface area (Å²) in [5.41, 5.74) is 0. The van der Waals surface area contributed by atoms with Crippen molar-refractivity contribution in [2.24, 2.45) is 0 Å². The fourth-order valence-electron chi connectivity index (χ4n) is 8.30. The van der Waals surface area contributed by atoms with E-state index in [9.17, 15) is 19.5 Å². The molecule has 0 aromatic carbocycles. The molecule has 0 aliphatic rings. The topological polar surface area (TPSA) is 102 Å². The summed E-state index contributed by atoms with van der Waals surface area (Å²) < 4.78 is 17.3. The van der Waals surface area contributed by atoms with Crippen LogP contribution in [0.2, 0.25) is 0 Å². The van der Waals surface area contributed by atoms with Gasteiger partial charge in [-0.1, -0.05) is 205 Å². The van der Waals surface area contributed by atoms with Crippen LogP contribution in [-0.4, -0.2) is 75.5 Å². The molecule has 0 radical (unpaired) electrons. The Bertz CT molecular complexity index is 1100. The maximum Gasteiger partial charge on any atom is 0.306 e. The predicted octanol–water partition coefficient (Wildman–Crippen LogP) is 14.6. The second-order valence-electron chi connectivity index (χ2n) is 19.8. The van der Waals surface area contributed by atoms with Crippen molar-refractivity contribution >= 4 is 17.9 Å². The first-order valence-corrected chi connectivity index (χ1v) is 27.4. The number of hydrogen-bond donors (Lipinski definition) is 0. The zero-order valence-electron chi connectivity index (χ0n) is 43.0. The number of likely N-dealkylation sites (N-methyl/N-ethyl adjacent to an activating group) is 1. The third kappa shape index (κ3) is 45.0. The highest BCUT2D eigenvalue weighted by molar-refractivity contribution is 5.70. The van der Waals surface area contributed by atoms with Gasteiger partial charge in [0.1, 0.15) is 12.6 Å². The highest BCUT2D eigenvalue weighted by Gasteiger charge is 2.25. The summed E-state index contributed by atoms with van der Waals surface area (Å²) in [6.45, 7) is 4.70. The van der Waals surface area contributed by atoms with Crippen molar-refractivity contribution in [2.45, 2.75) is 276 Å². The van der Waals surface area contributed by atoms with Crippen molar-refractivity contribution in [3.63, 3.8) is 0 Å². The lowest BCUT2D eigenvalue weighted by Gasteiger charge is -2.34. The van der Waals surface area contributed by atoms with E-state index < -0.39 is 18.1 Å². The molecule has 0 spiro atoms. The molecule has 376 valence electrons. The molecular formula is C56H105NO7. The van der Waals surface area contributed by atoms with Crippen molar-refractivity contribution in [2.75, 3.05) is 41.0 Å². The molecule has 0 bridgehead atoms. The van der Waals surface area contributed by atoms with Crippen LogP contribution >= 0.6 is 0 Å². The van der Waals surface area contributed by atoms with Gasteiger partial charge in [-0.05, 0) is 64.2 Å². The Morgan fingerprint density at radius 2 is 0.781 bits per heavy atom. The van der Waals surface area contributed by atoms with Crippen LogP contribution in [0.25, 0.3) is 0 Å². The molecule has 0 amide bonds. The van der Waals surface area contributed by atoms with Crippen LogP contribution in [0.15, 0.2) is 24.3 Å². The van der Waals surface area contributed by atoms with E-state index in [4.69, 9.17) is 14.2 Å². The number of carboxylic acids is 1. The summed E-state index contributed by atoms with van der Waals surface area (Å²) in [6, 6.07) is -0.726. The summed E-state index contributed by atoms with van der Waals surface area (Å²) in [7, 11) is 5.42. The van der Waals surface area contributed by atoms with Gasteiger partial charge in [-0.15, -0.1) is 0 Å². The monoisotopic (exact) mass is 904 g/mol. The van der Waals surface area contributed by atoms with Crippen LogP contribution < -0.4 is 5.11 Å². The van der Waals surface area contributed by atoms with Gasteiger partial charge < -0.3 is 28.6 Å². The molecule has 8 heteroatoms. The molecule has 8 nitrogen and oxygen atoms in total. The van der Waals surface area contributed by atoms with Crippen LogP contribution in [0.5, 0.6) is 0 Å². The minimum Gasteiger partial charge on any atom is -0.544 e. The highest BCUT2D eigenvalue weighted by atomic mass is 16.6. The maximum absolute atomic E-state index is 12.8. The third-order valence-corrected chi connectivity index (χ3v) is 12.6. The van der Waals surface area contributed by atoms with E-state index in [1.165, 1.54) is 193 Å². The van der Waals surface area contributed by atoms with Gasteiger partial charge in [-0.3, -0.25) is 9.59 Å². The number of rotatable bonds is 50. The second-order valence-corrected chi connectivity index (χ2v) is 19.8. The number of esters is 2. The van der Waals surface area contributed by atoms with Gasteiger partial charge in [0.15, 0.2) is 6.10 Å². The Kier molecular flexibility index (Phi) is 45.7. The number of nitrogens with zero attached hydrogens (tertiary/aromatic N) is 1. The minimum atomic E-state index is -1.12. The number of aliphatic carboxylic acids is 1. The van der Waals surface area contributed by atoms with E-state index in [1.807, 2.05) is 21.1 Å². The molecule has 0 heterocycles. The summed E-state index contributed by atoms with van der Waals surface area (Å²) in [5.74, 6) is -1.73. The molecule has 0 aromatic rings. The molecule has 2 unspecified atom stereocenters. The normalized spacial score (nSPS) is 13.0. The third-order valence-electron chi connectivity index (χ3n) is 12.6. The Morgan fingerprint density at radius 1 is 0.453 bits per heavy atom. The molecule has 0 saturated carbocycles. The van der Waals surface area contributed by atoms with Gasteiger partial charge in [0, 0.05) is 19.3 Å². The van der Waals surface area contributed by atoms with Crippen LogP contribution in [0.1, 0.15) is 264 Å². The molecule has 0 fully saturated rings. The average Bonchev–Trinajstić information content (AvgIpc) is 3.26. The van der Waals surface area contributed by atoms with Crippen LogP contribution in [0.3, 0.4) is 0 Å². The largest absolute Gasteiger partial charge is 0.544 e. The van der Waals surface area contributed by atoms with Gasteiger partial charge in [-0.2, -0.15) is 0 Å². The Balaban J connectivity index is 4.20. The number of quaternary nitrogens is 1. The first-order valence-electron chi connectivity index (χ1n) is 27.4. The lowest BCUT2D eigenvalue weighted by atomic mass is 10.1. The Morgan fingerprint density at radius 3 is 1.12 bits per heavy atom. The molecule has 0 N–H and O–H groups in total. The Labute approximate surface area is 396 Å². The predicted molar refractivity (Wildman–Crippen MR) is 268 cm³/mol. The fourth-order valence-corrected chi connectivity index (χ4v) is 8.30. The lowest BCUT2D eigenvalue weighted by molar-refractivity contribution is -0.889. The summed E-state index contributed by atoms with van der Waals surface area (Å²) >= 11 is 0. The standard InChI is InChI=1S/C56H105NO7/c1-6-8-10-12-14-16-18-20-22-24-26-27-29-30-32-34-36-38-40-42-44-46-54(58)63-51-52(50-62-49-48-53(56(60)61)57(3,4)5)64-55(59)47-45-43-41-39-37-35-33-31-28-25-23-21-19-17-15-13-11-9-7-2/h25,27-29,52-53H,6-24,26,30-51H2,1-5H3/b28-25+,29-27+. The first kappa shape index (κ1) is 61.8. The zero-order valence-corrected chi connectivity index (χ0v) is 43.0. The van der Waals surface area contributed by atoms with Crippen molar-refractivity contribution in [1.29, 1.82) is 0 Å². The fraction of sp³-hybridized carbons (Fsp3) is 0.875. The quantitative estimate of drug-likeness (QED) is 0.0259. The Hall–Kier alpha value is -2.19. The molecule has 64 heavy (non-hydrogen) atoms. The smallest absolute Gasteiger partial charge is 0.306 e. The van der Waals surface area contributed by atoms with Crippen molar-refractivity contribution < 1.29 is 38.2 Å². The van der Waals surface area contributed by atoms with E-state index in [1.54, 1.807) is 0 Å². The van der Waals surface area contributed by atoms with E-state index in [-0.39, 0.29) is 42.7 Å². The summed E-state index contributed by atoms with van der Waals surface area (Å²) in [4.78, 5) is 37.1. The molecule has 2 atom stereocenters. The second kappa shape index (κ2) is 47.3. The number of allylic oxidation sites excluding steroid dienone is 4.